The average molecular weight is 376 g/mol. The van der Waals surface area contributed by atoms with E-state index in [1.165, 1.54) is 17.7 Å². The van der Waals surface area contributed by atoms with E-state index in [4.69, 9.17) is 16.0 Å². The van der Waals surface area contributed by atoms with Crippen LogP contribution in [0.3, 0.4) is 0 Å². The molecule has 0 bridgehead atoms. The summed E-state index contributed by atoms with van der Waals surface area (Å²) in [5.74, 6) is 1.65. The minimum absolute atomic E-state index is 0.180. The first-order chi connectivity index (χ1) is 11.9. The van der Waals surface area contributed by atoms with Crippen LogP contribution in [0.1, 0.15) is 24.7 Å². The monoisotopic (exact) mass is 375 g/mol. The van der Waals surface area contributed by atoms with Crippen LogP contribution in [-0.2, 0) is 22.9 Å². The summed E-state index contributed by atoms with van der Waals surface area (Å²) in [6, 6.07) is 11.5. The standard InChI is InChI=1S/C19H18ClNO3S/c1-12-2-8-18-16(10-12)17-11-14(5-9-19(17)24-18)21-25(22,23)15-6-3-13(20)4-7-15/h3-7,9,11-12,21H,2,8,10H2,1H3/t12-/m1/s1. The number of rotatable bonds is 3. The van der Waals surface area contributed by atoms with E-state index < -0.39 is 10.0 Å². The molecule has 1 heterocycles. The fourth-order valence-electron chi connectivity index (χ4n) is 3.34. The van der Waals surface area contributed by atoms with Crippen molar-refractivity contribution in [1.82, 2.24) is 0 Å². The van der Waals surface area contributed by atoms with Crippen molar-refractivity contribution in [3.05, 3.63) is 58.8 Å². The molecule has 1 aliphatic rings. The summed E-state index contributed by atoms with van der Waals surface area (Å²) in [6.45, 7) is 2.23. The van der Waals surface area contributed by atoms with Gasteiger partial charge in [-0.3, -0.25) is 4.72 Å². The lowest BCUT2D eigenvalue weighted by Crippen LogP contribution is -2.13. The van der Waals surface area contributed by atoms with Gasteiger partial charge in [-0.25, -0.2) is 8.42 Å². The summed E-state index contributed by atoms with van der Waals surface area (Å²) >= 11 is 5.83. The molecule has 0 saturated heterocycles. The lowest BCUT2D eigenvalue weighted by atomic mass is 9.88. The second-order valence-corrected chi connectivity index (χ2v) is 8.74. The highest BCUT2D eigenvalue weighted by Crippen LogP contribution is 2.35. The van der Waals surface area contributed by atoms with Crippen LogP contribution in [0.5, 0.6) is 0 Å². The van der Waals surface area contributed by atoms with Crippen LogP contribution in [0.2, 0.25) is 5.02 Å². The molecule has 2 aromatic carbocycles. The molecule has 4 nitrogen and oxygen atoms in total. The molecule has 1 atom stereocenters. The second kappa shape index (κ2) is 6.07. The van der Waals surface area contributed by atoms with E-state index in [-0.39, 0.29) is 4.90 Å². The summed E-state index contributed by atoms with van der Waals surface area (Å²) in [7, 11) is -3.65. The predicted molar refractivity (Wildman–Crippen MR) is 99.7 cm³/mol. The van der Waals surface area contributed by atoms with Gasteiger partial charge in [-0.05, 0) is 61.2 Å². The molecule has 0 fully saturated rings. The molecule has 25 heavy (non-hydrogen) atoms. The van der Waals surface area contributed by atoms with Gasteiger partial charge in [-0.1, -0.05) is 18.5 Å². The Hall–Kier alpha value is -1.98. The lowest BCUT2D eigenvalue weighted by molar-refractivity contribution is 0.438. The highest BCUT2D eigenvalue weighted by molar-refractivity contribution is 7.92. The van der Waals surface area contributed by atoms with Gasteiger partial charge in [0.15, 0.2) is 0 Å². The van der Waals surface area contributed by atoms with Crippen LogP contribution in [0.25, 0.3) is 11.0 Å². The molecular formula is C19H18ClNO3S. The van der Waals surface area contributed by atoms with Gasteiger partial charge in [-0.2, -0.15) is 0 Å². The van der Waals surface area contributed by atoms with Crippen molar-refractivity contribution < 1.29 is 12.8 Å². The largest absolute Gasteiger partial charge is 0.461 e. The minimum Gasteiger partial charge on any atom is -0.461 e. The molecule has 0 amide bonds. The number of hydrogen-bond donors (Lipinski definition) is 1. The quantitative estimate of drug-likeness (QED) is 0.699. The van der Waals surface area contributed by atoms with Gasteiger partial charge in [0, 0.05) is 28.1 Å². The molecule has 1 N–H and O–H groups in total. The summed E-state index contributed by atoms with van der Waals surface area (Å²) in [4.78, 5) is 0.180. The third-order valence-electron chi connectivity index (χ3n) is 4.67. The molecule has 0 aliphatic heterocycles. The number of sulfonamides is 1. The van der Waals surface area contributed by atoms with Crippen molar-refractivity contribution in [2.24, 2.45) is 5.92 Å². The molecule has 3 aromatic rings. The van der Waals surface area contributed by atoms with Crippen LogP contribution < -0.4 is 4.72 Å². The zero-order valence-corrected chi connectivity index (χ0v) is 15.3. The Bertz CT molecular complexity index is 1040. The van der Waals surface area contributed by atoms with Crippen LogP contribution in [0.15, 0.2) is 51.8 Å². The molecular weight excluding hydrogens is 358 g/mol. The van der Waals surface area contributed by atoms with Crippen molar-refractivity contribution in [3.8, 4) is 0 Å². The zero-order valence-electron chi connectivity index (χ0n) is 13.8. The fourth-order valence-corrected chi connectivity index (χ4v) is 4.52. The van der Waals surface area contributed by atoms with Gasteiger partial charge >= 0.3 is 0 Å². The maximum Gasteiger partial charge on any atom is 0.261 e. The number of fused-ring (bicyclic) bond motifs is 3. The number of anilines is 1. The normalized spacial score (nSPS) is 17.4. The van der Waals surface area contributed by atoms with Gasteiger partial charge in [0.1, 0.15) is 11.3 Å². The Labute approximate surface area is 151 Å². The van der Waals surface area contributed by atoms with Crippen LogP contribution in [0, 0.1) is 5.92 Å². The van der Waals surface area contributed by atoms with Crippen LogP contribution >= 0.6 is 11.6 Å². The topological polar surface area (TPSA) is 59.3 Å². The van der Waals surface area contributed by atoms with Crippen molar-refractivity contribution in [3.63, 3.8) is 0 Å². The van der Waals surface area contributed by atoms with Gasteiger partial charge in [-0.15, -0.1) is 0 Å². The van der Waals surface area contributed by atoms with Crippen LogP contribution in [-0.4, -0.2) is 8.42 Å². The SMILES string of the molecule is C[C@@H]1CCc2oc3ccc(NS(=O)(=O)c4ccc(Cl)cc4)cc3c2C1. The fraction of sp³-hybridized carbons (Fsp3) is 0.263. The Morgan fingerprint density at radius 3 is 2.68 bits per heavy atom. The molecule has 0 unspecified atom stereocenters. The zero-order chi connectivity index (χ0) is 17.6. The smallest absolute Gasteiger partial charge is 0.261 e. The Balaban J connectivity index is 1.70. The second-order valence-electron chi connectivity index (χ2n) is 6.62. The first-order valence-corrected chi connectivity index (χ1v) is 10.1. The highest BCUT2D eigenvalue weighted by atomic mass is 35.5. The van der Waals surface area contributed by atoms with E-state index >= 15 is 0 Å². The number of halogens is 1. The van der Waals surface area contributed by atoms with Crippen molar-refractivity contribution in [2.45, 2.75) is 31.1 Å². The van der Waals surface area contributed by atoms with E-state index in [2.05, 4.69) is 11.6 Å². The Morgan fingerprint density at radius 1 is 1.16 bits per heavy atom. The van der Waals surface area contributed by atoms with E-state index in [0.29, 0.717) is 16.6 Å². The number of nitrogens with one attached hydrogen (secondary N) is 1. The van der Waals surface area contributed by atoms with Gasteiger partial charge in [0.2, 0.25) is 0 Å². The molecule has 1 aromatic heterocycles. The van der Waals surface area contributed by atoms with Gasteiger partial charge in [0.25, 0.3) is 10.0 Å². The molecule has 1 aliphatic carbocycles. The lowest BCUT2D eigenvalue weighted by Gasteiger charge is -2.16. The van der Waals surface area contributed by atoms with Crippen molar-refractivity contribution in [2.75, 3.05) is 4.72 Å². The molecule has 0 radical (unpaired) electrons. The Kier molecular flexibility index (Phi) is 4.01. The van der Waals surface area contributed by atoms with Crippen LogP contribution in [0.4, 0.5) is 5.69 Å². The first kappa shape index (κ1) is 16.5. The molecule has 0 spiro atoms. The summed E-state index contributed by atoms with van der Waals surface area (Å²) < 4.78 is 33.7. The summed E-state index contributed by atoms with van der Waals surface area (Å²) in [5, 5.41) is 1.50. The third kappa shape index (κ3) is 3.14. The maximum absolute atomic E-state index is 12.6. The number of benzene rings is 2. The van der Waals surface area contributed by atoms with E-state index in [1.54, 1.807) is 18.2 Å². The molecule has 4 rings (SSSR count). The van der Waals surface area contributed by atoms with E-state index in [1.807, 2.05) is 12.1 Å². The Morgan fingerprint density at radius 2 is 1.92 bits per heavy atom. The van der Waals surface area contributed by atoms with Crippen molar-refractivity contribution >= 4 is 38.3 Å². The third-order valence-corrected chi connectivity index (χ3v) is 6.32. The number of furan rings is 1. The molecule has 0 saturated carbocycles. The maximum atomic E-state index is 12.6. The van der Waals surface area contributed by atoms with Gasteiger partial charge in [0.05, 0.1) is 4.90 Å². The first-order valence-electron chi connectivity index (χ1n) is 8.25. The van der Waals surface area contributed by atoms with E-state index in [9.17, 15) is 8.42 Å². The van der Waals surface area contributed by atoms with Crippen molar-refractivity contribution in [1.29, 1.82) is 0 Å². The molecule has 6 heteroatoms. The van der Waals surface area contributed by atoms with Gasteiger partial charge < -0.3 is 4.42 Å². The summed E-state index contributed by atoms with van der Waals surface area (Å²) in [5.41, 5.74) is 2.55. The summed E-state index contributed by atoms with van der Waals surface area (Å²) in [6.07, 6.45) is 3.04. The predicted octanol–water partition coefficient (Wildman–Crippen LogP) is 5.01. The number of hydrogen-bond acceptors (Lipinski definition) is 3. The minimum atomic E-state index is -3.65. The molecule has 130 valence electrons. The number of aryl methyl sites for hydroxylation is 1. The highest BCUT2D eigenvalue weighted by Gasteiger charge is 2.22. The van der Waals surface area contributed by atoms with E-state index in [0.717, 1.165) is 36.0 Å². The average Bonchev–Trinajstić information content (AvgIpc) is 2.92.